The summed E-state index contributed by atoms with van der Waals surface area (Å²) in [5.41, 5.74) is 1.33. The summed E-state index contributed by atoms with van der Waals surface area (Å²) in [6.07, 6.45) is 3.21. The molecule has 0 amide bonds. The molecule has 1 aliphatic rings. The molecule has 0 spiro atoms. The number of nitrogens with zero attached hydrogens (tertiary/aromatic N) is 1. The van der Waals surface area contributed by atoms with Gasteiger partial charge in [-0.3, -0.25) is 4.99 Å². The van der Waals surface area contributed by atoms with Crippen molar-refractivity contribution in [3.05, 3.63) is 29.8 Å². The fraction of sp³-hybridized carbons (Fsp3) is 0.682. The Labute approximate surface area is 193 Å². The van der Waals surface area contributed by atoms with Gasteiger partial charge in [-0.05, 0) is 48.8 Å². The molecule has 0 aliphatic carbocycles. The van der Waals surface area contributed by atoms with Crippen LogP contribution in [0.3, 0.4) is 0 Å². The quantitative estimate of drug-likeness (QED) is 0.202. The molecule has 0 saturated carbocycles. The predicted molar refractivity (Wildman–Crippen MR) is 130 cm³/mol. The summed E-state index contributed by atoms with van der Waals surface area (Å²) >= 11 is 0. The van der Waals surface area contributed by atoms with Gasteiger partial charge in [-0.2, -0.15) is 0 Å². The Morgan fingerprint density at radius 2 is 1.79 bits per heavy atom. The summed E-state index contributed by atoms with van der Waals surface area (Å²) < 4.78 is 16.9. The Morgan fingerprint density at radius 3 is 2.45 bits per heavy atom. The molecular formula is C22H38IN3O3. The van der Waals surface area contributed by atoms with Crippen molar-refractivity contribution in [1.82, 2.24) is 10.6 Å². The highest BCUT2D eigenvalue weighted by molar-refractivity contribution is 14.0. The molecule has 166 valence electrons. The lowest BCUT2D eigenvalue weighted by molar-refractivity contribution is 0.0203. The van der Waals surface area contributed by atoms with Crippen molar-refractivity contribution in [1.29, 1.82) is 0 Å². The first-order chi connectivity index (χ1) is 13.7. The second kappa shape index (κ2) is 15.7. The van der Waals surface area contributed by atoms with Crippen LogP contribution in [-0.4, -0.2) is 59.1 Å². The molecule has 1 heterocycles. The average molecular weight is 519 g/mol. The summed E-state index contributed by atoms with van der Waals surface area (Å²) in [6.45, 7) is 9.90. The second-order valence-electron chi connectivity index (χ2n) is 7.48. The van der Waals surface area contributed by atoms with Gasteiger partial charge in [-0.25, -0.2) is 0 Å². The first-order valence-electron chi connectivity index (χ1n) is 10.5. The highest BCUT2D eigenvalue weighted by Crippen LogP contribution is 2.18. The Bertz CT molecular complexity index is 561. The standard InChI is InChI=1S/C22H37N3O3.HI/c1-18(2)20-5-7-21(8-6-20)28-16-12-25-22(23-3)24-11-4-13-27-17-19-9-14-26-15-10-19;/h5-8,18-19H,4,9-17H2,1-3H3,(H2,23,24,25);1H. The lowest BCUT2D eigenvalue weighted by atomic mass is 10.0. The molecule has 2 N–H and O–H groups in total. The molecule has 1 aliphatic heterocycles. The Morgan fingerprint density at radius 1 is 1.10 bits per heavy atom. The lowest BCUT2D eigenvalue weighted by Crippen LogP contribution is -2.39. The molecule has 2 rings (SSSR count). The number of guanidine groups is 1. The fourth-order valence-electron chi connectivity index (χ4n) is 3.05. The third kappa shape index (κ3) is 11.1. The first-order valence-corrected chi connectivity index (χ1v) is 10.5. The summed E-state index contributed by atoms with van der Waals surface area (Å²) in [4.78, 5) is 4.24. The van der Waals surface area contributed by atoms with E-state index in [0.29, 0.717) is 25.0 Å². The number of hydrogen-bond donors (Lipinski definition) is 2. The van der Waals surface area contributed by atoms with Crippen molar-refractivity contribution < 1.29 is 14.2 Å². The zero-order chi connectivity index (χ0) is 20.0. The van der Waals surface area contributed by atoms with Crippen LogP contribution in [0.25, 0.3) is 0 Å². The van der Waals surface area contributed by atoms with Gasteiger partial charge in [0, 0.05) is 40.0 Å². The maximum atomic E-state index is 5.78. The zero-order valence-corrected chi connectivity index (χ0v) is 20.4. The molecule has 0 radical (unpaired) electrons. The van der Waals surface area contributed by atoms with Gasteiger partial charge in [0.2, 0.25) is 0 Å². The molecule has 0 atom stereocenters. The average Bonchev–Trinajstić information content (AvgIpc) is 2.73. The number of rotatable bonds is 11. The summed E-state index contributed by atoms with van der Waals surface area (Å²) in [5, 5.41) is 6.58. The first kappa shape index (κ1) is 26.0. The number of halogens is 1. The van der Waals surface area contributed by atoms with Gasteiger partial charge >= 0.3 is 0 Å². The van der Waals surface area contributed by atoms with E-state index >= 15 is 0 Å². The van der Waals surface area contributed by atoms with Gasteiger partial charge in [-0.1, -0.05) is 26.0 Å². The third-order valence-corrected chi connectivity index (χ3v) is 4.89. The molecule has 1 saturated heterocycles. The maximum absolute atomic E-state index is 5.78. The van der Waals surface area contributed by atoms with Crippen LogP contribution < -0.4 is 15.4 Å². The number of nitrogens with one attached hydrogen (secondary N) is 2. The van der Waals surface area contributed by atoms with E-state index in [1.807, 2.05) is 12.1 Å². The van der Waals surface area contributed by atoms with Crippen LogP contribution >= 0.6 is 24.0 Å². The lowest BCUT2D eigenvalue weighted by Gasteiger charge is -2.21. The summed E-state index contributed by atoms with van der Waals surface area (Å²) in [6, 6.07) is 8.31. The topological polar surface area (TPSA) is 64.1 Å². The van der Waals surface area contributed by atoms with Gasteiger partial charge in [0.1, 0.15) is 12.4 Å². The van der Waals surface area contributed by atoms with Crippen molar-refractivity contribution in [3.8, 4) is 5.75 Å². The third-order valence-electron chi connectivity index (χ3n) is 4.89. The predicted octanol–water partition coefficient (Wildman–Crippen LogP) is 3.81. The molecule has 0 bridgehead atoms. The van der Waals surface area contributed by atoms with Gasteiger partial charge in [0.15, 0.2) is 5.96 Å². The molecular weight excluding hydrogens is 481 g/mol. The van der Waals surface area contributed by atoms with Gasteiger partial charge in [0.25, 0.3) is 0 Å². The van der Waals surface area contributed by atoms with E-state index in [-0.39, 0.29) is 24.0 Å². The second-order valence-corrected chi connectivity index (χ2v) is 7.48. The molecule has 7 heteroatoms. The van der Waals surface area contributed by atoms with Gasteiger partial charge in [0.05, 0.1) is 6.54 Å². The van der Waals surface area contributed by atoms with E-state index in [1.165, 1.54) is 5.56 Å². The van der Waals surface area contributed by atoms with Gasteiger partial charge in [-0.15, -0.1) is 24.0 Å². The number of benzene rings is 1. The maximum Gasteiger partial charge on any atom is 0.191 e. The molecule has 29 heavy (non-hydrogen) atoms. The molecule has 0 unspecified atom stereocenters. The van der Waals surface area contributed by atoms with E-state index in [9.17, 15) is 0 Å². The fourth-order valence-corrected chi connectivity index (χ4v) is 3.05. The van der Waals surface area contributed by atoms with Crippen molar-refractivity contribution in [2.45, 2.75) is 39.0 Å². The van der Waals surface area contributed by atoms with E-state index in [4.69, 9.17) is 14.2 Å². The highest BCUT2D eigenvalue weighted by atomic mass is 127. The Hall–Kier alpha value is -1.06. The van der Waals surface area contributed by atoms with Crippen LogP contribution in [-0.2, 0) is 9.47 Å². The van der Waals surface area contributed by atoms with Crippen molar-refractivity contribution in [2.24, 2.45) is 10.9 Å². The molecule has 6 nitrogen and oxygen atoms in total. The van der Waals surface area contributed by atoms with E-state index < -0.39 is 0 Å². The smallest absolute Gasteiger partial charge is 0.191 e. The van der Waals surface area contributed by atoms with Crippen LogP contribution in [0, 0.1) is 5.92 Å². The van der Waals surface area contributed by atoms with Gasteiger partial charge < -0.3 is 24.8 Å². The van der Waals surface area contributed by atoms with Crippen molar-refractivity contribution >= 4 is 29.9 Å². The van der Waals surface area contributed by atoms with E-state index in [1.54, 1.807) is 7.05 Å². The minimum absolute atomic E-state index is 0. The van der Waals surface area contributed by atoms with Crippen LogP contribution in [0.5, 0.6) is 5.75 Å². The minimum atomic E-state index is 0. The van der Waals surface area contributed by atoms with Crippen LogP contribution in [0.2, 0.25) is 0 Å². The minimum Gasteiger partial charge on any atom is -0.492 e. The largest absolute Gasteiger partial charge is 0.492 e. The summed E-state index contributed by atoms with van der Waals surface area (Å²) in [7, 11) is 1.78. The monoisotopic (exact) mass is 519 g/mol. The van der Waals surface area contributed by atoms with Crippen molar-refractivity contribution in [3.63, 3.8) is 0 Å². The molecule has 0 aromatic heterocycles. The number of ether oxygens (including phenoxy) is 3. The SMILES string of the molecule is CN=C(NCCCOCC1CCOCC1)NCCOc1ccc(C(C)C)cc1.I. The van der Waals surface area contributed by atoms with E-state index in [2.05, 4.69) is 41.6 Å². The molecule has 1 aromatic carbocycles. The zero-order valence-electron chi connectivity index (χ0n) is 18.1. The van der Waals surface area contributed by atoms with E-state index in [0.717, 1.165) is 63.9 Å². The van der Waals surface area contributed by atoms with Crippen LogP contribution in [0.4, 0.5) is 0 Å². The molecule has 1 aromatic rings. The van der Waals surface area contributed by atoms with Crippen LogP contribution in [0.15, 0.2) is 29.3 Å². The highest BCUT2D eigenvalue weighted by Gasteiger charge is 2.13. The number of hydrogen-bond acceptors (Lipinski definition) is 4. The Balaban J connectivity index is 0.00000420. The number of aliphatic imine (C=N–C) groups is 1. The summed E-state index contributed by atoms with van der Waals surface area (Å²) in [5.74, 6) is 2.90. The van der Waals surface area contributed by atoms with Crippen LogP contribution in [0.1, 0.15) is 44.6 Å². The Kier molecular flexibility index (Phi) is 14.1. The normalized spacial score (nSPS) is 15.1. The molecule has 1 fully saturated rings. The van der Waals surface area contributed by atoms with Crippen molar-refractivity contribution in [2.75, 3.05) is 53.2 Å².